The lowest BCUT2D eigenvalue weighted by Gasteiger charge is -2.25. The number of morpholine rings is 1. The molecule has 7 nitrogen and oxygen atoms in total. The van der Waals surface area contributed by atoms with Gasteiger partial charge in [0, 0.05) is 32.2 Å². The van der Waals surface area contributed by atoms with Gasteiger partial charge in [0.05, 0.1) is 23.8 Å². The number of hydrogen-bond acceptors (Lipinski definition) is 7. The molecule has 0 bridgehead atoms. The fourth-order valence-electron chi connectivity index (χ4n) is 3.22. The highest BCUT2D eigenvalue weighted by Gasteiger charge is 2.34. The molecule has 0 spiro atoms. The number of oxime groups is 1. The summed E-state index contributed by atoms with van der Waals surface area (Å²) in [7, 11) is -2.06. The van der Waals surface area contributed by atoms with Gasteiger partial charge < -0.3 is 9.57 Å². The maximum Gasteiger partial charge on any atom is 0.265 e. The molecule has 3 heterocycles. The third-order valence-corrected chi connectivity index (χ3v) is 7.60. The van der Waals surface area contributed by atoms with Gasteiger partial charge >= 0.3 is 0 Å². The van der Waals surface area contributed by atoms with Crippen LogP contribution in [0, 0.1) is 0 Å². The minimum atomic E-state index is -3.62. The van der Waals surface area contributed by atoms with Gasteiger partial charge in [-0.1, -0.05) is 23.4 Å². The SMILES string of the molecule is CN1c2ccccc2/C(=N/OCCN2CCOCC2)c2sccc2S1(=O)=O. The van der Waals surface area contributed by atoms with E-state index in [9.17, 15) is 8.42 Å². The third kappa shape index (κ3) is 3.47. The predicted octanol–water partition coefficient (Wildman–Crippen LogP) is 1.99. The van der Waals surface area contributed by atoms with Crippen LogP contribution in [0.5, 0.6) is 0 Å². The molecule has 1 saturated heterocycles. The van der Waals surface area contributed by atoms with E-state index in [2.05, 4.69) is 10.1 Å². The van der Waals surface area contributed by atoms with E-state index in [-0.39, 0.29) is 4.90 Å². The van der Waals surface area contributed by atoms with Gasteiger partial charge in [-0.15, -0.1) is 11.3 Å². The molecule has 0 N–H and O–H groups in total. The van der Waals surface area contributed by atoms with Gasteiger partial charge in [0.1, 0.15) is 17.2 Å². The highest BCUT2D eigenvalue weighted by molar-refractivity contribution is 7.93. The average Bonchev–Trinajstić information content (AvgIpc) is 3.16. The maximum absolute atomic E-state index is 12.9. The monoisotopic (exact) mass is 407 g/mol. The van der Waals surface area contributed by atoms with E-state index in [0.717, 1.165) is 38.4 Å². The van der Waals surface area contributed by atoms with Crippen LogP contribution in [0.2, 0.25) is 0 Å². The van der Waals surface area contributed by atoms with E-state index < -0.39 is 10.0 Å². The molecule has 1 aromatic heterocycles. The molecular formula is C18H21N3O4S2. The molecule has 0 amide bonds. The van der Waals surface area contributed by atoms with E-state index in [1.165, 1.54) is 15.6 Å². The Morgan fingerprint density at radius 2 is 2.00 bits per heavy atom. The molecule has 0 saturated carbocycles. The molecule has 0 atom stereocenters. The van der Waals surface area contributed by atoms with Crippen molar-refractivity contribution in [1.29, 1.82) is 0 Å². The topological polar surface area (TPSA) is 71.4 Å². The van der Waals surface area contributed by atoms with Gasteiger partial charge in [-0.3, -0.25) is 9.21 Å². The lowest BCUT2D eigenvalue weighted by Crippen LogP contribution is -2.38. The van der Waals surface area contributed by atoms with Crippen molar-refractivity contribution < 1.29 is 18.0 Å². The molecule has 1 aromatic carbocycles. The van der Waals surface area contributed by atoms with E-state index in [0.29, 0.717) is 22.9 Å². The summed E-state index contributed by atoms with van der Waals surface area (Å²) in [5.74, 6) is 0. The molecule has 9 heteroatoms. The number of ether oxygens (including phenoxy) is 1. The molecule has 2 aliphatic rings. The molecule has 2 aromatic rings. The lowest BCUT2D eigenvalue weighted by molar-refractivity contribution is 0.0212. The molecule has 144 valence electrons. The minimum absolute atomic E-state index is 0.265. The normalized spacial score (nSPS) is 20.8. The van der Waals surface area contributed by atoms with Crippen LogP contribution in [0.3, 0.4) is 0 Å². The fraction of sp³-hybridized carbons (Fsp3) is 0.389. The smallest absolute Gasteiger partial charge is 0.265 e. The molecule has 1 fully saturated rings. The second kappa shape index (κ2) is 7.59. The second-order valence-electron chi connectivity index (χ2n) is 6.33. The molecule has 0 unspecified atom stereocenters. The summed E-state index contributed by atoms with van der Waals surface area (Å²) in [5.41, 5.74) is 1.90. The van der Waals surface area contributed by atoms with Crippen molar-refractivity contribution in [2.24, 2.45) is 5.16 Å². The first-order valence-corrected chi connectivity index (χ1v) is 11.1. The van der Waals surface area contributed by atoms with Gasteiger partial charge in [0.15, 0.2) is 0 Å². The first-order chi connectivity index (χ1) is 13.1. The molecule has 4 rings (SSSR count). The summed E-state index contributed by atoms with van der Waals surface area (Å²) in [5, 5.41) is 6.13. The van der Waals surface area contributed by atoms with Crippen LogP contribution in [-0.2, 0) is 19.6 Å². The Balaban J connectivity index is 1.65. The predicted molar refractivity (Wildman–Crippen MR) is 105 cm³/mol. The van der Waals surface area contributed by atoms with Crippen LogP contribution in [0.4, 0.5) is 5.69 Å². The fourth-order valence-corrected chi connectivity index (χ4v) is 5.83. The molecule has 0 aliphatic carbocycles. The van der Waals surface area contributed by atoms with Crippen LogP contribution >= 0.6 is 11.3 Å². The van der Waals surface area contributed by atoms with Gasteiger partial charge in [-0.2, -0.15) is 0 Å². The summed E-state index contributed by atoms with van der Waals surface area (Å²) in [6.07, 6.45) is 0. The lowest BCUT2D eigenvalue weighted by atomic mass is 10.1. The number of hydrogen-bond donors (Lipinski definition) is 0. The van der Waals surface area contributed by atoms with Gasteiger partial charge in [-0.05, 0) is 17.5 Å². The van der Waals surface area contributed by atoms with Crippen molar-refractivity contribution in [3.63, 3.8) is 0 Å². The maximum atomic E-state index is 12.9. The number of nitrogens with zero attached hydrogens (tertiary/aromatic N) is 3. The van der Waals surface area contributed by atoms with E-state index >= 15 is 0 Å². The zero-order valence-corrected chi connectivity index (χ0v) is 16.6. The Labute approximate surface area is 162 Å². The Bertz CT molecular complexity index is 949. The van der Waals surface area contributed by atoms with Crippen molar-refractivity contribution in [3.8, 4) is 0 Å². The zero-order valence-electron chi connectivity index (χ0n) is 15.0. The molecule has 0 radical (unpaired) electrons. The first kappa shape index (κ1) is 18.4. The number of thiophene rings is 1. The molecule has 2 aliphatic heterocycles. The highest BCUT2D eigenvalue weighted by atomic mass is 32.2. The van der Waals surface area contributed by atoms with Crippen LogP contribution < -0.4 is 4.31 Å². The van der Waals surface area contributed by atoms with E-state index in [4.69, 9.17) is 9.57 Å². The van der Waals surface area contributed by atoms with Crippen LogP contribution in [0.1, 0.15) is 10.4 Å². The third-order valence-electron chi connectivity index (χ3n) is 4.74. The summed E-state index contributed by atoms with van der Waals surface area (Å²) < 4.78 is 32.5. The number of rotatable bonds is 4. The van der Waals surface area contributed by atoms with Crippen molar-refractivity contribution in [1.82, 2.24) is 4.90 Å². The summed E-state index contributed by atoms with van der Waals surface area (Å²) in [6, 6.07) is 8.98. The standard InChI is InChI=1S/C18H21N3O4S2/c1-20-15-5-3-2-4-14(15)17(18-16(6-13-26-18)27(20,22)23)19-25-12-9-21-7-10-24-11-8-21/h2-6,13H,7-12H2,1H3/b19-17-. The van der Waals surface area contributed by atoms with Crippen molar-refractivity contribution in [2.45, 2.75) is 4.90 Å². The number of anilines is 1. The quantitative estimate of drug-likeness (QED) is 0.573. The Kier molecular flexibility index (Phi) is 5.18. The van der Waals surface area contributed by atoms with Gasteiger partial charge in [0.25, 0.3) is 10.0 Å². The summed E-state index contributed by atoms with van der Waals surface area (Å²) in [4.78, 5) is 8.76. The minimum Gasteiger partial charge on any atom is -0.394 e. The Morgan fingerprint density at radius 3 is 2.81 bits per heavy atom. The second-order valence-corrected chi connectivity index (χ2v) is 9.18. The Hall–Kier alpha value is -1.94. The summed E-state index contributed by atoms with van der Waals surface area (Å²) in [6.45, 7) is 4.46. The van der Waals surface area contributed by atoms with Gasteiger partial charge in [0.2, 0.25) is 0 Å². The van der Waals surface area contributed by atoms with E-state index in [1.54, 1.807) is 24.6 Å². The highest BCUT2D eigenvalue weighted by Crippen LogP contribution is 2.36. The van der Waals surface area contributed by atoms with Crippen LogP contribution in [0.25, 0.3) is 0 Å². The van der Waals surface area contributed by atoms with Crippen molar-refractivity contribution in [3.05, 3.63) is 46.2 Å². The first-order valence-electron chi connectivity index (χ1n) is 8.75. The number of para-hydroxylation sites is 1. The zero-order chi connectivity index (χ0) is 18.9. The molecular weight excluding hydrogens is 386 g/mol. The van der Waals surface area contributed by atoms with Crippen molar-refractivity contribution >= 4 is 32.8 Å². The van der Waals surface area contributed by atoms with Crippen molar-refractivity contribution in [2.75, 3.05) is 50.8 Å². The van der Waals surface area contributed by atoms with E-state index in [1.807, 2.05) is 18.2 Å². The average molecular weight is 408 g/mol. The van der Waals surface area contributed by atoms with Crippen LogP contribution in [0.15, 0.2) is 45.8 Å². The number of sulfonamides is 1. The molecule has 27 heavy (non-hydrogen) atoms. The largest absolute Gasteiger partial charge is 0.394 e. The summed E-state index contributed by atoms with van der Waals surface area (Å²) >= 11 is 1.36. The van der Waals surface area contributed by atoms with Crippen LogP contribution in [-0.4, -0.2) is 65.5 Å². The number of benzene rings is 1. The number of fused-ring (bicyclic) bond motifs is 2. The van der Waals surface area contributed by atoms with Gasteiger partial charge in [-0.25, -0.2) is 8.42 Å². The Morgan fingerprint density at radius 1 is 1.22 bits per heavy atom.